The lowest BCUT2D eigenvalue weighted by molar-refractivity contribution is 0.122. The van der Waals surface area contributed by atoms with Gasteiger partial charge in [0.1, 0.15) is 17.7 Å². The highest BCUT2D eigenvalue weighted by molar-refractivity contribution is 7.98. The SMILES string of the molecule is CNc1cc2nc3c1ncn3C(=O)NCCSCc1cc(cc(N3CCOCC3)c1)N2. The Morgan fingerprint density at radius 1 is 1.19 bits per heavy atom. The predicted octanol–water partition coefficient (Wildman–Crippen LogP) is 2.86. The summed E-state index contributed by atoms with van der Waals surface area (Å²) in [6, 6.07) is 8.27. The molecule has 3 N–H and O–H groups in total. The lowest BCUT2D eigenvalue weighted by atomic mass is 10.1. The van der Waals surface area contributed by atoms with Crippen LogP contribution in [0.3, 0.4) is 0 Å². The minimum Gasteiger partial charge on any atom is -0.386 e. The van der Waals surface area contributed by atoms with Gasteiger partial charge in [0.2, 0.25) is 0 Å². The van der Waals surface area contributed by atoms with Crippen LogP contribution in [0.25, 0.3) is 11.2 Å². The van der Waals surface area contributed by atoms with Gasteiger partial charge in [-0.1, -0.05) is 0 Å². The molecule has 0 atom stereocenters. The van der Waals surface area contributed by atoms with Gasteiger partial charge in [-0.05, 0) is 23.8 Å². The topological polar surface area (TPSA) is 96.3 Å². The Morgan fingerprint density at radius 3 is 2.90 bits per heavy atom. The van der Waals surface area contributed by atoms with Gasteiger partial charge in [0, 0.05) is 55.6 Å². The van der Waals surface area contributed by atoms with Gasteiger partial charge in [0.25, 0.3) is 0 Å². The van der Waals surface area contributed by atoms with E-state index in [4.69, 9.17) is 9.72 Å². The Bertz CT molecular complexity index is 1110. The number of amides is 1. The molecule has 0 radical (unpaired) electrons. The normalized spacial score (nSPS) is 17.2. The lowest BCUT2D eigenvalue weighted by Crippen LogP contribution is -2.36. The minimum atomic E-state index is -0.222. The smallest absolute Gasteiger partial charge is 0.328 e. The van der Waals surface area contributed by atoms with Crippen molar-refractivity contribution in [3.63, 3.8) is 0 Å². The van der Waals surface area contributed by atoms with Gasteiger partial charge >= 0.3 is 6.03 Å². The van der Waals surface area contributed by atoms with E-state index >= 15 is 0 Å². The van der Waals surface area contributed by atoms with Crippen LogP contribution in [0.5, 0.6) is 0 Å². The number of carbonyl (C=O) groups excluding carboxylic acids is 1. The first-order valence-electron chi connectivity index (χ1n) is 10.4. The van der Waals surface area contributed by atoms with E-state index in [1.165, 1.54) is 22.1 Å². The number of hydrogen-bond acceptors (Lipinski definition) is 8. The highest BCUT2D eigenvalue weighted by Crippen LogP contribution is 2.30. The van der Waals surface area contributed by atoms with Gasteiger partial charge in [-0.3, -0.25) is 0 Å². The zero-order valence-electron chi connectivity index (χ0n) is 17.4. The fraction of sp³-hybridized carbons (Fsp3) is 0.381. The summed E-state index contributed by atoms with van der Waals surface area (Å²) in [5.41, 5.74) is 5.38. The molecule has 10 heteroatoms. The molecule has 0 aliphatic carbocycles. The number of imidazole rings is 1. The van der Waals surface area contributed by atoms with E-state index in [1.54, 1.807) is 11.8 Å². The Morgan fingerprint density at radius 2 is 2.06 bits per heavy atom. The van der Waals surface area contributed by atoms with Gasteiger partial charge in [-0.2, -0.15) is 11.8 Å². The van der Waals surface area contributed by atoms with Gasteiger partial charge < -0.3 is 25.6 Å². The largest absolute Gasteiger partial charge is 0.386 e. The molecule has 1 saturated heterocycles. The van der Waals surface area contributed by atoms with Crippen LogP contribution in [0.1, 0.15) is 5.56 Å². The number of rotatable bonds is 2. The minimum absolute atomic E-state index is 0.222. The van der Waals surface area contributed by atoms with Crippen molar-refractivity contribution in [2.24, 2.45) is 0 Å². The van der Waals surface area contributed by atoms with Gasteiger partial charge in [-0.25, -0.2) is 19.3 Å². The van der Waals surface area contributed by atoms with Crippen LogP contribution in [0.15, 0.2) is 30.6 Å². The summed E-state index contributed by atoms with van der Waals surface area (Å²) in [6.45, 7) is 3.84. The summed E-state index contributed by atoms with van der Waals surface area (Å²) >= 11 is 1.80. The van der Waals surface area contributed by atoms with Crippen molar-refractivity contribution in [1.29, 1.82) is 0 Å². The zero-order chi connectivity index (χ0) is 21.2. The summed E-state index contributed by atoms with van der Waals surface area (Å²) in [7, 11) is 1.84. The molecule has 0 saturated carbocycles. The monoisotopic (exact) mass is 439 g/mol. The standard InChI is InChI=1S/C21H25N7O2S/c1-22-17-11-18-25-15-8-14(9-16(10-15)27-3-5-30-6-4-27)12-31-7-2-23-21(29)28-13-24-19(17)20(28)26-18/h8-11,13H,2-7,12H2,1H3,(H,23,29)(H2,22,25,26). The quantitative estimate of drug-likeness (QED) is 0.561. The first-order valence-corrected chi connectivity index (χ1v) is 11.5. The van der Waals surface area contributed by atoms with Crippen molar-refractivity contribution in [2.45, 2.75) is 5.75 Å². The summed E-state index contributed by atoms with van der Waals surface area (Å²) < 4.78 is 6.99. The molecule has 31 heavy (non-hydrogen) atoms. The van der Waals surface area contributed by atoms with Gasteiger partial charge in [-0.15, -0.1) is 0 Å². The average Bonchev–Trinajstić information content (AvgIpc) is 3.22. The molecule has 9 nitrogen and oxygen atoms in total. The Labute approximate surface area is 184 Å². The molecule has 0 spiro atoms. The third-order valence-electron chi connectivity index (χ3n) is 5.41. The van der Waals surface area contributed by atoms with E-state index in [2.05, 4.69) is 44.0 Å². The van der Waals surface area contributed by atoms with Gasteiger partial charge in [0.05, 0.1) is 18.9 Å². The molecule has 1 amide bonds. The van der Waals surface area contributed by atoms with Crippen LogP contribution < -0.4 is 20.9 Å². The Kier molecular flexibility index (Phi) is 5.56. The number of nitrogens with one attached hydrogen (secondary N) is 3. The molecule has 5 rings (SSSR count). The van der Waals surface area contributed by atoms with Crippen LogP contribution in [0, 0.1) is 0 Å². The predicted molar refractivity (Wildman–Crippen MR) is 125 cm³/mol. The van der Waals surface area contributed by atoms with E-state index < -0.39 is 0 Å². The number of ether oxygens (including phenoxy) is 1. The number of thioether (sulfide) groups is 1. The Hall–Kier alpha value is -2.98. The maximum absolute atomic E-state index is 12.7. The maximum Gasteiger partial charge on any atom is 0.328 e. The molecule has 1 fully saturated rings. The maximum atomic E-state index is 12.7. The number of anilines is 4. The molecule has 2 aliphatic rings. The van der Waals surface area contributed by atoms with Crippen LogP contribution >= 0.6 is 11.8 Å². The lowest BCUT2D eigenvalue weighted by Gasteiger charge is -2.29. The zero-order valence-corrected chi connectivity index (χ0v) is 18.2. The van der Waals surface area contributed by atoms with Crippen LogP contribution in [0.4, 0.5) is 27.7 Å². The summed E-state index contributed by atoms with van der Waals surface area (Å²) in [6.07, 6.45) is 1.52. The van der Waals surface area contributed by atoms with Crippen molar-refractivity contribution in [3.8, 4) is 0 Å². The molecule has 0 unspecified atom stereocenters. The molecule has 162 valence electrons. The number of benzene rings is 1. The molecular weight excluding hydrogens is 414 g/mol. The van der Waals surface area contributed by atoms with Crippen molar-refractivity contribution >= 4 is 51.8 Å². The van der Waals surface area contributed by atoms with E-state index in [0.29, 0.717) is 23.5 Å². The third kappa shape index (κ3) is 4.13. The van der Waals surface area contributed by atoms with Crippen molar-refractivity contribution in [2.75, 3.05) is 61.2 Å². The third-order valence-corrected chi connectivity index (χ3v) is 6.44. The molecule has 2 aliphatic heterocycles. The molecular formula is C21H25N7O2S. The second-order valence-corrected chi connectivity index (χ2v) is 8.59. The van der Waals surface area contributed by atoms with E-state index in [-0.39, 0.29) is 6.03 Å². The van der Waals surface area contributed by atoms with E-state index in [0.717, 1.165) is 49.2 Å². The summed E-state index contributed by atoms with van der Waals surface area (Å²) in [5, 5.41) is 9.57. The van der Waals surface area contributed by atoms with Gasteiger partial charge in [0.15, 0.2) is 5.65 Å². The Balaban J connectivity index is 1.59. The second kappa shape index (κ2) is 8.64. The molecule has 4 bridgehead atoms. The number of fused-ring (bicyclic) bond motifs is 3. The van der Waals surface area contributed by atoms with Crippen molar-refractivity contribution in [3.05, 3.63) is 36.2 Å². The fourth-order valence-corrected chi connectivity index (χ4v) is 4.67. The van der Waals surface area contributed by atoms with Crippen molar-refractivity contribution in [1.82, 2.24) is 19.9 Å². The first-order chi connectivity index (χ1) is 15.2. The number of aromatic nitrogens is 3. The number of hydrogen-bond donors (Lipinski definition) is 3. The van der Waals surface area contributed by atoms with E-state index in [9.17, 15) is 4.79 Å². The molecule has 1 aromatic carbocycles. The highest BCUT2D eigenvalue weighted by atomic mass is 32.2. The molecule has 4 heterocycles. The van der Waals surface area contributed by atoms with Crippen molar-refractivity contribution < 1.29 is 9.53 Å². The number of carbonyl (C=O) groups is 1. The van der Waals surface area contributed by atoms with Crippen LogP contribution in [0.2, 0.25) is 0 Å². The number of pyridine rings is 1. The average molecular weight is 440 g/mol. The summed E-state index contributed by atoms with van der Waals surface area (Å²) in [4.78, 5) is 24.1. The molecule has 3 aromatic rings. The second-order valence-electron chi connectivity index (χ2n) is 7.49. The van der Waals surface area contributed by atoms with Crippen LogP contribution in [-0.2, 0) is 10.5 Å². The number of morpholine rings is 1. The first kappa shape index (κ1) is 20.0. The highest BCUT2D eigenvalue weighted by Gasteiger charge is 2.17. The van der Waals surface area contributed by atoms with Crippen LogP contribution in [-0.4, -0.2) is 66.2 Å². The molecule has 2 aromatic heterocycles. The van der Waals surface area contributed by atoms with E-state index in [1.807, 2.05) is 13.1 Å². The summed E-state index contributed by atoms with van der Waals surface area (Å²) in [5.74, 6) is 2.34. The number of nitrogens with zero attached hydrogens (tertiary/aromatic N) is 4. The fourth-order valence-electron chi connectivity index (χ4n) is 3.88.